The van der Waals surface area contributed by atoms with Crippen molar-refractivity contribution in [3.8, 4) is 11.5 Å². The van der Waals surface area contributed by atoms with Gasteiger partial charge in [0.15, 0.2) is 17.6 Å². The van der Waals surface area contributed by atoms with Gasteiger partial charge in [-0.05, 0) is 38.8 Å². The second-order valence-corrected chi connectivity index (χ2v) is 4.52. The molecular weight excluding hydrogens is 244 g/mol. The Labute approximate surface area is 113 Å². The molecule has 5 heteroatoms. The maximum Gasteiger partial charge on any atom is 0.258 e. The molecule has 1 rings (SSSR count). The second-order valence-electron chi connectivity index (χ2n) is 4.52. The van der Waals surface area contributed by atoms with E-state index in [0.717, 1.165) is 5.56 Å². The molecule has 106 valence electrons. The van der Waals surface area contributed by atoms with Gasteiger partial charge in [0, 0.05) is 6.04 Å². The zero-order chi connectivity index (χ0) is 14.4. The number of hydrogen-bond donors (Lipinski definition) is 2. The molecule has 19 heavy (non-hydrogen) atoms. The lowest BCUT2D eigenvalue weighted by molar-refractivity contribution is -0.124. The molecule has 0 heterocycles. The standard InChI is InChI=1S/C14H22N2O3/c1-4-18-12-7-5-6-11(8-9(2)15)13(12)19-10(3)14(16)17/h5-7,9-10H,4,8,15H2,1-3H3,(H2,16,17). The first-order valence-electron chi connectivity index (χ1n) is 6.42. The summed E-state index contributed by atoms with van der Waals surface area (Å²) in [6, 6.07) is 5.58. The number of hydrogen-bond acceptors (Lipinski definition) is 4. The first-order chi connectivity index (χ1) is 8.95. The van der Waals surface area contributed by atoms with Crippen molar-refractivity contribution in [2.24, 2.45) is 11.5 Å². The van der Waals surface area contributed by atoms with E-state index >= 15 is 0 Å². The van der Waals surface area contributed by atoms with Crippen LogP contribution in [-0.4, -0.2) is 24.7 Å². The van der Waals surface area contributed by atoms with Gasteiger partial charge >= 0.3 is 0 Å². The zero-order valence-corrected chi connectivity index (χ0v) is 11.7. The molecule has 0 fully saturated rings. The Kier molecular flexibility index (Phi) is 5.63. The van der Waals surface area contributed by atoms with Crippen LogP contribution < -0.4 is 20.9 Å². The van der Waals surface area contributed by atoms with E-state index in [-0.39, 0.29) is 6.04 Å². The number of carbonyl (C=O) groups excluding carboxylic acids is 1. The highest BCUT2D eigenvalue weighted by Gasteiger charge is 2.18. The van der Waals surface area contributed by atoms with Gasteiger partial charge in [-0.25, -0.2) is 0 Å². The van der Waals surface area contributed by atoms with Crippen LogP contribution in [0.4, 0.5) is 0 Å². The van der Waals surface area contributed by atoms with Gasteiger partial charge in [-0.2, -0.15) is 0 Å². The lowest BCUT2D eigenvalue weighted by Crippen LogP contribution is -2.31. The molecule has 0 aliphatic heterocycles. The summed E-state index contributed by atoms with van der Waals surface area (Å²) < 4.78 is 11.2. The molecule has 0 spiro atoms. The number of primary amides is 1. The highest BCUT2D eigenvalue weighted by atomic mass is 16.5. The van der Waals surface area contributed by atoms with E-state index in [9.17, 15) is 4.79 Å². The number of ether oxygens (including phenoxy) is 2. The van der Waals surface area contributed by atoms with E-state index in [2.05, 4.69) is 0 Å². The summed E-state index contributed by atoms with van der Waals surface area (Å²) >= 11 is 0. The first-order valence-corrected chi connectivity index (χ1v) is 6.42. The van der Waals surface area contributed by atoms with Crippen molar-refractivity contribution < 1.29 is 14.3 Å². The van der Waals surface area contributed by atoms with E-state index in [1.807, 2.05) is 26.0 Å². The van der Waals surface area contributed by atoms with Crippen LogP contribution >= 0.6 is 0 Å². The molecule has 0 bridgehead atoms. The zero-order valence-electron chi connectivity index (χ0n) is 11.7. The van der Waals surface area contributed by atoms with Crippen LogP contribution in [0.2, 0.25) is 0 Å². The van der Waals surface area contributed by atoms with Gasteiger partial charge in [0.05, 0.1) is 6.61 Å². The van der Waals surface area contributed by atoms with Crippen molar-refractivity contribution in [1.82, 2.24) is 0 Å². The van der Waals surface area contributed by atoms with Gasteiger partial charge in [-0.15, -0.1) is 0 Å². The van der Waals surface area contributed by atoms with Gasteiger partial charge in [-0.3, -0.25) is 4.79 Å². The van der Waals surface area contributed by atoms with Gasteiger partial charge in [-0.1, -0.05) is 12.1 Å². The molecule has 0 saturated carbocycles. The van der Waals surface area contributed by atoms with Crippen molar-refractivity contribution in [2.75, 3.05) is 6.61 Å². The van der Waals surface area contributed by atoms with Crippen LogP contribution in [0.1, 0.15) is 26.3 Å². The fourth-order valence-corrected chi connectivity index (χ4v) is 1.71. The summed E-state index contributed by atoms with van der Waals surface area (Å²) in [5, 5.41) is 0. The number of amides is 1. The lowest BCUT2D eigenvalue weighted by Gasteiger charge is -2.19. The van der Waals surface area contributed by atoms with Crippen molar-refractivity contribution in [3.05, 3.63) is 23.8 Å². The van der Waals surface area contributed by atoms with E-state index < -0.39 is 12.0 Å². The van der Waals surface area contributed by atoms with Crippen molar-refractivity contribution >= 4 is 5.91 Å². The Balaban J connectivity index is 3.09. The third-order valence-corrected chi connectivity index (χ3v) is 2.60. The smallest absolute Gasteiger partial charge is 0.258 e. The molecule has 2 unspecified atom stereocenters. The normalized spacial score (nSPS) is 13.7. The first kappa shape index (κ1) is 15.3. The SMILES string of the molecule is CCOc1cccc(CC(C)N)c1OC(C)C(N)=O. The minimum Gasteiger partial charge on any atom is -0.490 e. The predicted octanol–water partition coefficient (Wildman–Crippen LogP) is 1.23. The lowest BCUT2D eigenvalue weighted by atomic mass is 10.1. The van der Waals surface area contributed by atoms with Crippen molar-refractivity contribution in [2.45, 2.75) is 39.3 Å². The molecule has 1 aromatic carbocycles. The largest absolute Gasteiger partial charge is 0.490 e. The molecule has 0 saturated heterocycles. The molecule has 4 N–H and O–H groups in total. The Hall–Kier alpha value is -1.75. The van der Waals surface area contributed by atoms with E-state index in [4.69, 9.17) is 20.9 Å². The Bertz CT molecular complexity index is 433. The second kappa shape index (κ2) is 6.99. The average Bonchev–Trinajstić information content (AvgIpc) is 2.32. The molecule has 1 aromatic rings. The molecule has 0 radical (unpaired) electrons. The van der Waals surface area contributed by atoms with Crippen LogP contribution in [0.15, 0.2) is 18.2 Å². The number of rotatable bonds is 7. The van der Waals surface area contributed by atoms with Crippen LogP contribution in [-0.2, 0) is 11.2 Å². The van der Waals surface area contributed by atoms with Gasteiger partial charge in [0.1, 0.15) is 0 Å². The summed E-state index contributed by atoms with van der Waals surface area (Å²) in [6.45, 7) is 5.93. The van der Waals surface area contributed by atoms with Crippen LogP contribution in [0.5, 0.6) is 11.5 Å². The molecule has 0 aromatic heterocycles. The minimum absolute atomic E-state index is 0.0110. The van der Waals surface area contributed by atoms with Crippen LogP contribution in [0.25, 0.3) is 0 Å². The summed E-state index contributed by atoms with van der Waals surface area (Å²) in [7, 11) is 0. The molecule has 5 nitrogen and oxygen atoms in total. The van der Waals surface area contributed by atoms with Crippen molar-refractivity contribution in [1.29, 1.82) is 0 Å². The fourth-order valence-electron chi connectivity index (χ4n) is 1.71. The number of nitrogens with two attached hydrogens (primary N) is 2. The number of para-hydroxylation sites is 1. The third kappa shape index (κ3) is 4.44. The van der Waals surface area contributed by atoms with Crippen LogP contribution in [0.3, 0.4) is 0 Å². The topological polar surface area (TPSA) is 87.6 Å². The monoisotopic (exact) mass is 266 g/mol. The highest BCUT2D eigenvalue weighted by Crippen LogP contribution is 2.33. The van der Waals surface area contributed by atoms with Gasteiger partial charge in [0.2, 0.25) is 0 Å². The molecule has 1 amide bonds. The van der Waals surface area contributed by atoms with Crippen molar-refractivity contribution in [3.63, 3.8) is 0 Å². The average molecular weight is 266 g/mol. The number of carbonyl (C=O) groups is 1. The van der Waals surface area contributed by atoms with E-state index in [1.165, 1.54) is 0 Å². The summed E-state index contributed by atoms with van der Waals surface area (Å²) in [5.41, 5.74) is 12.0. The summed E-state index contributed by atoms with van der Waals surface area (Å²) in [6.07, 6.45) is -0.0738. The molecule has 2 atom stereocenters. The Morgan fingerprint density at radius 1 is 1.37 bits per heavy atom. The van der Waals surface area contributed by atoms with Gasteiger partial charge in [0.25, 0.3) is 5.91 Å². The molecular formula is C14H22N2O3. The van der Waals surface area contributed by atoms with Crippen LogP contribution in [0, 0.1) is 0 Å². The summed E-state index contributed by atoms with van der Waals surface area (Å²) in [4.78, 5) is 11.1. The summed E-state index contributed by atoms with van der Waals surface area (Å²) in [5.74, 6) is 0.639. The van der Waals surface area contributed by atoms with Gasteiger partial charge < -0.3 is 20.9 Å². The molecule has 0 aliphatic carbocycles. The van der Waals surface area contributed by atoms with E-state index in [0.29, 0.717) is 24.5 Å². The predicted molar refractivity (Wildman–Crippen MR) is 74.2 cm³/mol. The Morgan fingerprint density at radius 2 is 2.05 bits per heavy atom. The third-order valence-electron chi connectivity index (χ3n) is 2.60. The fraction of sp³-hybridized carbons (Fsp3) is 0.500. The maximum atomic E-state index is 11.1. The molecule has 0 aliphatic rings. The highest BCUT2D eigenvalue weighted by molar-refractivity contribution is 5.78. The Morgan fingerprint density at radius 3 is 2.58 bits per heavy atom. The minimum atomic E-state index is -0.714. The maximum absolute atomic E-state index is 11.1. The quantitative estimate of drug-likeness (QED) is 0.777. The van der Waals surface area contributed by atoms with E-state index in [1.54, 1.807) is 13.0 Å². The number of benzene rings is 1.